The van der Waals surface area contributed by atoms with Crippen molar-refractivity contribution in [2.24, 2.45) is 0 Å². The number of benzene rings is 1. The third-order valence-corrected chi connectivity index (χ3v) is 2.67. The molecule has 0 saturated carbocycles. The first-order valence-electron chi connectivity index (χ1n) is 5.47. The Morgan fingerprint density at radius 1 is 1.21 bits per heavy atom. The Labute approximate surface area is 110 Å². The topological polar surface area (TPSA) is 55.1 Å². The summed E-state index contributed by atoms with van der Waals surface area (Å²) in [6.07, 6.45) is 1.10. The molecular weight excluding hydrogens is 247 g/mol. The highest BCUT2D eigenvalue weighted by Crippen LogP contribution is 2.30. The Bertz CT molecular complexity index is 650. The van der Waals surface area contributed by atoms with Gasteiger partial charge in [0, 0.05) is 11.6 Å². The monoisotopic (exact) mass is 258 g/mol. The molecule has 0 N–H and O–H groups in total. The number of pyridine rings is 1. The lowest BCUT2D eigenvalue weighted by atomic mass is 10.0. The number of aromatic nitrogens is 1. The number of methoxy groups -OCH3 is 2. The minimum absolute atomic E-state index is 0.319. The SMILES string of the molecule is COc1cc(-c2ccc(C#N)c(OC)c2)c(F)cn1. The van der Waals surface area contributed by atoms with E-state index < -0.39 is 5.82 Å². The maximum Gasteiger partial charge on any atom is 0.213 e. The molecule has 0 aliphatic heterocycles. The van der Waals surface area contributed by atoms with Crippen molar-refractivity contribution in [2.45, 2.75) is 0 Å². The first-order chi connectivity index (χ1) is 9.19. The van der Waals surface area contributed by atoms with Gasteiger partial charge < -0.3 is 9.47 Å². The molecule has 0 bridgehead atoms. The summed E-state index contributed by atoms with van der Waals surface area (Å²) < 4.78 is 23.9. The lowest BCUT2D eigenvalue weighted by Crippen LogP contribution is -1.93. The fourth-order valence-corrected chi connectivity index (χ4v) is 1.70. The summed E-state index contributed by atoms with van der Waals surface area (Å²) in [6.45, 7) is 0. The van der Waals surface area contributed by atoms with E-state index in [-0.39, 0.29) is 0 Å². The fourth-order valence-electron chi connectivity index (χ4n) is 1.70. The number of hydrogen-bond donors (Lipinski definition) is 0. The highest BCUT2D eigenvalue weighted by Gasteiger charge is 2.11. The van der Waals surface area contributed by atoms with Crippen LogP contribution in [0.1, 0.15) is 5.56 Å². The summed E-state index contributed by atoms with van der Waals surface area (Å²) in [5.41, 5.74) is 1.33. The first kappa shape index (κ1) is 12.8. The van der Waals surface area contributed by atoms with Crippen molar-refractivity contribution in [3.05, 3.63) is 41.8 Å². The fraction of sp³-hybridized carbons (Fsp3) is 0.143. The van der Waals surface area contributed by atoms with Gasteiger partial charge in [0.2, 0.25) is 5.88 Å². The van der Waals surface area contributed by atoms with Gasteiger partial charge >= 0.3 is 0 Å². The smallest absolute Gasteiger partial charge is 0.213 e. The minimum atomic E-state index is -0.465. The first-order valence-corrected chi connectivity index (χ1v) is 5.47. The molecule has 1 heterocycles. The Balaban J connectivity index is 2.56. The lowest BCUT2D eigenvalue weighted by molar-refractivity contribution is 0.396. The summed E-state index contributed by atoms with van der Waals surface area (Å²) in [4.78, 5) is 3.78. The van der Waals surface area contributed by atoms with Crippen LogP contribution in [0.3, 0.4) is 0 Å². The molecule has 0 aliphatic carbocycles. The van der Waals surface area contributed by atoms with Gasteiger partial charge in [0.25, 0.3) is 0 Å². The van der Waals surface area contributed by atoms with Gasteiger partial charge in [-0.2, -0.15) is 5.26 Å². The van der Waals surface area contributed by atoms with E-state index in [0.717, 1.165) is 6.20 Å². The van der Waals surface area contributed by atoms with Crippen LogP contribution in [0.5, 0.6) is 11.6 Å². The normalized spacial score (nSPS) is 9.79. The molecule has 1 aromatic heterocycles. The third-order valence-electron chi connectivity index (χ3n) is 2.67. The van der Waals surface area contributed by atoms with Crippen LogP contribution in [0.25, 0.3) is 11.1 Å². The Kier molecular flexibility index (Phi) is 3.62. The minimum Gasteiger partial charge on any atom is -0.495 e. The maximum atomic E-state index is 13.8. The van der Waals surface area contributed by atoms with Crippen LogP contribution in [0, 0.1) is 17.1 Å². The van der Waals surface area contributed by atoms with Gasteiger partial charge in [0.1, 0.15) is 17.6 Å². The Morgan fingerprint density at radius 2 is 2.00 bits per heavy atom. The molecule has 0 fully saturated rings. The zero-order chi connectivity index (χ0) is 13.8. The Hall–Kier alpha value is -2.61. The van der Waals surface area contributed by atoms with Crippen LogP contribution in [0.2, 0.25) is 0 Å². The molecule has 0 atom stereocenters. The highest BCUT2D eigenvalue weighted by molar-refractivity contribution is 5.68. The molecule has 4 nitrogen and oxygen atoms in total. The molecule has 0 saturated heterocycles. The number of rotatable bonds is 3. The molecule has 2 aromatic rings. The molecule has 0 radical (unpaired) electrons. The number of hydrogen-bond acceptors (Lipinski definition) is 4. The summed E-state index contributed by atoms with van der Waals surface area (Å²) >= 11 is 0. The van der Waals surface area contributed by atoms with Crippen molar-refractivity contribution in [1.29, 1.82) is 5.26 Å². The van der Waals surface area contributed by atoms with E-state index in [1.54, 1.807) is 18.2 Å². The van der Waals surface area contributed by atoms with Crippen LogP contribution in [0.15, 0.2) is 30.5 Å². The highest BCUT2D eigenvalue weighted by atomic mass is 19.1. The van der Waals surface area contributed by atoms with Crippen molar-refractivity contribution >= 4 is 0 Å². The van der Waals surface area contributed by atoms with Gasteiger partial charge in [-0.1, -0.05) is 6.07 Å². The summed E-state index contributed by atoms with van der Waals surface area (Å²) in [6, 6.07) is 8.35. The van der Waals surface area contributed by atoms with Gasteiger partial charge in [0.15, 0.2) is 0 Å². The van der Waals surface area contributed by atoms with Crippen LogP contribution in [-0.4, -0.2) is 19.2 Å². The van der Waals surface area contributed by atoms with Gasteiger partial charge in [-0.3, -0.25) is 0 Å². The second-order valence-corrected chi connectivity index (χ2v) is 3.73. The van der Waals surface area contributed by atoms with E-state index in [1.165, 1.54) is 20.3 Å². The van der Waals surface area contributed by atoms with Gasteiger partial charge in [-0.05, 0) is 17.7 Å². The molecular formula is C14H11FN2O2. The lowest BCUT2D eigenvalue weighted by Gasteiger charge is -2.08. The number of nitrogens with zero attached hydrogens (tertiary/aromatic N) is 2. The predicted octanol–water partition coefficient (Wildman–Crippen LogP) is 2.78. The number of nitriles is 1. The molecule has 1 aromatic carbocycles. The molecule has 5 heteroatoms. The average molecular weight is 258 g/mol. The van der Waals surface area contributed by atoms with Crippen LogP contribution < -0.4 is 9.47 Å². The number of halogens is 1. The van der Waals surface area contributed by atoms with Crippen molar-refractivity contribution < 1.29 is 13.9 Å². The molecule has 0 amide bonds. The standard InChI is InChI=1S/C14H11FN2O2/c1-18-13-5-9(3-4-10(13)7-16)11-6-14(19-2)17-8-12(11)15/h3-6,8H,1-2H3. The molecule has 0 unspecified atom stereocenters. The van der Waals surface area contributed by atoms with Crippen molar-refractivity contribution in [2.75, 3.05) is 14.2 Å². The van der Waals surface area contributed by atoms with Crippen molar-refractivity contribution in [3.8, 4) is 28.8 Å². The maximum absolute atomic E-state index is 13.8. The second-order valence-electron chi connectivity index (χ2n) is 3.73. The van der Waals surface area contributed by atoms with E-state index in [0.29, 0.717) is 28.3 Å². The average Bonchev–Trinajstić information content (AvgIpc) is 2.47. The van der Waals surface area contributed by atoms with E-state index in [2.05, 4.69) is 4.98 Å². The van der Waals surface area contributed by atoms with E-state index in [4.69, 9.17) is 14.7 Å². The van der Waals surface area contributed by atoms with Crippen LogP contribution in [-0.2, 0) is 0 Å². The molecule has 0 spiro atoms. The summed E-state index contributed by atoms with van der Waals surface area (Å²) in [5.74, 6) is 0.252. The largest absolute Gasteiger partial charge is 0.495 e. The zero-order valence-corrected chi connectivity index (χ0v) is 10.5. The molecule has 19 heavy (non-hydrogen) atoms. The zero-order valence-electron chi connectivity index (χ0n) is 10.5. The van der Waals surface area contributed by atoms with Gasteiger partial charge in [-0.25, -0.2) is 9.37 Å². The summed E-state index contributed by atoms with van der Waals surface area (Å²) in [7, 11) is 2.92. The quantitative estimate of drug-likeness (QED) is 0.849. The van der Waals surface area contributed by atoms with Crippen molar-refractivity contribution in [1.82, 2.24) is 4.98 Å². The molecule has 2 rings (SSSR count). The van der Waals surface area contributed by atoms with E-state index >= 15 is 0 Å². The number of ether oxygens (including phenoxy) is 2. The Morgan fingerprint density at radius 3 is 2.63 bits per heavy atom. The van der Waals surface area contributed by atoms with Gasteiger partial charge in [-0.15, -0.1) is 0 Å². The molecule has 0 aliphatic rings. The van der Waals surface area contributed by atoms with Gasteiger partial charge in [0.05, 0.1) is 26.0 Å². The van der Waals surface area contributed by atoms with Crippen LogP contribution >= 0.6 is 0 Å². The molecule has 96 valence electrons. The third kappa shape index (κ3) is 2.47. The van der Waals surface area contributed by atoms with Crippen LogP contribution in [0.4, 0.5) is 4.39 Å². The second kappa shape index (κ2) is 5.36. The van der Waals surface area contributed by atoms with E-state index in [1.807, 2.05) is 6.07 Å². The van der Waals surface area contributed by atoms with E-state index in [9.17, 15) is 4.39 Å². The summed E-state index contributed by atoms with van der Waals surface area (Å²) in [5, 5.41) is 8.91. The van der Waals surface area contributed by atoms with Crippen molar-refractivity contribution in [3.63, 3.8) is 0 Å². The predicted molar refractivity (Wildman–Crippen MR) is 67.5 cm³/mol.